The number of aliphatic hydroxyl groups is 1. The van der Waals surface area contributed by atoms with Crippen LogP contribution in [0.25, 0.3) is 0 Å². The van der Waals surface area contributed by atoms with E-state index in [0.29, 0.717) is 29.4 Å². The van der Waals surface area contributed by atoms with Crippen LogP contribution >= 0.6 is 0 Å². The first-order chi connectivity index (χ1) is 12.2. The average Bonchev–Trinajstić information content (AvgIpc) is 3.15. The van der Waals surface area contributed by atoms with E-state index in [1.807, 2.05) is 24.3 Å². The molecular formula is C18H23N3O4. The number of amides is 1. The Labute approximate surface area is 146 Å². The molecule has 3 rings (SSSR count). The molecule has 7 heteroatoms. The Morgan fingerprint density at radius 2 is 2.16 bits per heavy atom. The fraction of sp³-hybridized carbons (Fsp3) is 0.444. The Kier molecular flexibility index (Phi) is 5.55. The van der Waals surface area contributed by atoms with Crippen LogP contribution in [0.5, 0.6) is 11.5 Å². The Morgan fingerprint density at radius 1 is 1.36 bits per heavy atom. The molecule has 1 aliphatic heterocycles. The highest BCUT2D eigenvalue weighted by molar-refractivity contribution is 5.92. The minimum absolute atomic E-state index is 0.0140. The van der Waals surface area contributed by atoms with Gasteiger partial charge in [-0.1, -0.05) is 12.1 Å². The number of ether oxygens (including phenoxy) is 2. The van der Waals surface area contributed by atoms with Gasteiger partial charge in [0.05, 0.1) is 25.5 Å². The van der Waals surface area contributed by atoms with Crippen LogP contribution in [0, 0.1) is 0 Å². The number of nitrogens with one attached hydrogen (secondary N) is 1. The number of hydrogen-bond acceptors (Lipinski definition) is 5. The number of H-pyrrole nitrogens is 1. The van der Waals surface area contributed by atoms with Crippen LogP contribution in [-0.4, -0.2) is 52.4 Å². The number of carbonyl (C=O) groups excluding carboxylic acids is 1. The molecule has 1 saturated heterocycles. The number of aromatic amines is 1. The third-order valence-electron chi connectivity index (χ3n) is 4.40. The number of likely N-dealkylation sites (tertiary alicyclic amines) is 1. The number of hydrogen-bond donors (Lipinski definition) is 2. The normalized spacial score (nSPS) is 17.4. The van der Waals surface area contributed by atoms with E-state index in [0.717, 1.165) is 19.3 Å². The van der Waals surface area contributed by atoms with Crippen molar-refractivity contribution in [3.05, 3.63) is 41.7 Å². The number of para-hydroxylation sites is 2. The van der Waals surface area contributed by atoms with Gasteiger partial charge < -0.3 is 19.5 Å². The average molecular weight is 345 g/mol. The van der Waals surface area contributed by atoms with Crippen molar-refractivity contribution in [3.63, 3.8) is 0 Å². The van der Waals surface area contributed by atoms with E-state index in [1.54, 1.807) is 18.1 Å². The van der Waals surface area contributed by atoms with E-state index in [9.17, 15) is 9.90 Å². The first kappa shape index (κ1) is 17.3. The summed E-state index contributed by atoms with van der Waals surface area (Å²) in [6.07, 6.45) is 2.82. The summed E-state index contributed by atoms with van der Waals surface area (Å²) in [7, 11) is 1.59. The lowest BCUT2D eigenvalue weighted by Crippen LogP contribution is -2.45. The molecule has 1 aromatic heterocycles. The van der Waals surface area contributed by atoms with Gasteiger partial charge in [0.25, 0.3) is 5.91 Å². The molecule has 25 heavy (non-hydrogen) atoms. The van der Waals surface area contributed by atoms with Crippen LogP contribution < -0.4 is 9.47 Å². The Hall–Kier alpha value is -2.54. The fourth-order valence-electron chi connectivity index (χ4n) is 3.04. The van der Waals surface area contributed by atoms with Gasteiger partial charge in [-0.25, -0.2) is 0 Å². The van der Waals surface area contributed by atoms with Crippen molar-refractivity contribution in [1.29, 1.82) is 0 Å². The third kappa shape index (κ3) is 3.93. The standard InChI is InChI=1S/C18H23N3O4/c1-24-16-7-2-3-8-17(16)25-12-13-10-15(20-19-13)18(23)21-9-5-4-6-14(21)11-22/h2-3,7-8,10,14,22H,4-6,9,11-12H2,1H3,(H,19,20)/t14-/m0/s1. The summed E-state index contributed by atoms with van der Waals surface area (Å²) in [4.78, 5) is 14.3. The van der Waals surface area contributed by atoms with Gasteiger partial charge in [-0.3, -0.25) is 9.89 Å². The van der Waals surface area contributed by atoms with E-state index >= 15 is 0 Å². The van der Waals surface area contributed by atoms with Gasteiger partial charge in [-0.2, -0.15) is 5.10 Å². The summed E-state index contributed by atoms with van der Waals surface area (Å²) in [6.45, 7) is 0.897. The van der Waals surface area contributed by atoms with Crippen molar-refractivity contribution < 1.29 is 19.4 Å². The molecule has 1 aliphatic rings. The van der Waals surface area contributed by atoms with Crippen molar-refractivity contribution >= 4 is 5.91 Å². The molecule has 0 saturated carbocycles. The van der Waals surface area contributed by atoms with Gasteiger partial charge in [0.2, 0.25) is 0 Å². The molecule has 0 unspecified atom stereocenters. The maximum Gasteiger partial charge on any atom is 0.274 e. The Balaban J connectivity index is 1.64. The quantitative estimate of drug-likeness (QED) is 0.836. The fourth-order valence-corrected chi connectivity index (χ4v) is 3.04. The molecule has 1 aromatic carbocycles. The molecule has 2 aromatic rings. The first-order valence-corrected chi connectivity index (χ1v) is 8.45. The molecule has 1 amide bonds. The highest BCUT2D eigenvalue weighted by Crippen LogP contribution is 2.26. The molecule has 0 bridgehead atoms. The monoisotopic (exact) mass is 345 g/mol. The van der Waals surface area contributed by atoms with Crippen LogP contribution in [0.2, 0.25) is 0 Å². The van der Waals surface area contributed by atoms with Crippen LogP contribution in [0.15, 0.2) is 30.3 Å². The molecule has 1 atom stereocenters. The molecule has 2 N–H and O–H groups in total. The topological polar surface area (TPSA) is 87.7 Å². The summed E-state index contributed by atoms with van der Waals surface area (Å²) in [6, 6.07) is 8.95. The van der Waals surface area contributed by atoms with Crippen LogP contribution in [0.1, 0.15) is 35.4 Å². The summed E-state index contributed by atoms with van der Waals surface area (Å²) in [5.74, 6) is 1.12. The zero-order valence-corrected chi connectivity index (χ0v) is 14.3. The van der Waals surface area contributed by atoms with E-state index in [1.165, 1.54) is 0 Å². The predicted octanol–water partition coefficient (Wildman–Crippen LogP) is 1.98. The van der Waals surface area contributed by atoms with Crippen LogP contribution in [-0.2, 0) is 6.61 Å². The van der Waals surface area contributed by atoms with E-state index < -0.39 is 0 Å². The number of nitrogens with zero attached hydrogens (tertiary/aromatic N) is 2. The zero-order valence-electron chi connectivity index (χ0n) is 14.3. The van der Waals surface area contributed by atoms with Crippen molar-refractivity contribution in [1.82, 2.24) is 15.1 Å². The van der Waals surface area contributed by atoms with Crippen LogP contribution in [0.3, 0.4) is 0 Å². The van der Waals surface area contributed by atoms with Gasteiger partial charge in [0.15, 0.2) is 17.2 Å². The van der Waals surface area contributed by atoms with Crippen molar-refractivity contribution in [3.8, 4) is 11.5 Å². The lowest BCUT2D eigenvalue weighted by Gasteiger charge is -2.34. The molecule has 1 fully saturated rings. The van der Waals surface area contributed by atoms with E-state index in [-0.39, 0.29) is 25.2 Å². The third-order valence-corrected chi connectivity index (χ3v) is 4.40. The molecule has 134 valence electrons. The number of aliphatic hydroxyl groups excluding tert-OH is 1. The summed E-state index contributed by atoms with van der Waals surface area (Å²) < 4.78 is 11.0. The van der Waals surface area contributed by atoms with Crippen molar-refractivity contribution in [2.24, 2.45) is 0 Å². The summed E-state index contributed by atoms with van der Waals surface area (Å²) in [5, 5.41) is 16.4. The number of carbonyl (C=O) groups is 1. The smallest absolute Gasteiger partial charge is 0.274 e. The number of methoxy groups -OCH3 is 1. The minimum Gasteiger partial charge on any atom is -0.493 e. The maximum absolute atomic E-state index is 12.6. The second-order valence-corrected chi connectivity index (χ2v) is 6.05. The number of piperidine rings is 1. The minimum atomic E-state index is -0.154. The molecule has 0 aliphatic carbocycles. The molecule has 0 spiro atoms. The van der Waals surface area contributed by atoms with E-state index in [2.05, 4.69) is 10.2 Å². The molecule has 7 nitrogen and oxygen atoms in total. The highest BCUT2D eigenvalue weighted by Gasteiger charge is 2.28. The maximum atomic E-state index is 12.6. The van der Waals surface area contributed by atoms with Gasteiger partial charge in [-0.05, 0) is 37.5 Å². The van der Waals surface area contributed by atoms with Crippen molar-refractivity contribution in [2.45, 2.75) is 31.9 Å². The SMILES string of the molecule is COc1ccccc1OCc1cc(C(=O)N2CCCC[C@H]2CO)n[nH]1. The second kappa shape index (κ2) is 8.02. The Bertz CT molecular complexity index is 716. The second-order valence-electron chi connectivity index (χ2n) is 6.05. The summed E-state index contributed by atoms with van der Waals surface area (Å²) >= 11 is 0. The largest absolute Gasteiger partial charge is 0.493 e. The molecule has 2 heterocycles. The summed E-state index contributed by atoms with van der Waals surface area (Å²) in [5.41, 5.74) is 1.05. The first-order valence-electron chi connectivity index (χ1n) is 8.45. The van der Waals surface area contributed by atoms with Gasteiger partial charge in [-0.15, -0.1) is 0 Å². The highest BCUT2D eigenvalue weighted by atomic mass is 16.5. The number of rotatable bonds is 6. The predicted molar refractivity (Wildman–Crippen MR) is 91.7 cm³/mol. The molecular weight excluding hydrogens is 322 g/mol. The Morgan fingerprint density at radius 3 is 2.92 bits per heavy atom. The van der Waals surface area contributed by atoms with Crippen molar-refractivity contribution in [2.75, 3.05) is 20.3 Å². The lowest BCUT2D eigenvalue weighted by atomic mass is 10.0. The van der Waals surface area contributed by atoms with Gasteiger partial charge >= 0.3 is 0 Å². The van der Waals surface area contributed by atoms with Gasteiger partial charge in [0, 0.05) is 6.54 Å². The number of aromatic nitrogens is 2. The van der Waals surface area contributed by atoms with Gasteiger partial charge in [0.1, 0.15) is 6.61 Å². The zero-order chi connectivity index (χ0) is 17.6. The van der Waals surface area contributed by atoms with E-state index in [4.69, 9.17) is 9.47 Å². The van der Waals surface area contributed by atoms with Crippen LogP contribution in [0.4, 0.5) is 0 Å². The molecule has 0 radical (unpaired) electrons. The lowest BCUT2D eigenvalue weighted by molar-refractivity contribution is 0.0497. The number of benzene rings is 1.